The van der Waals surface area contributed by atoms with E-state index < -0.39 is 11.7 Å². The lowest BCUT2D eigenvalue weighted by Gasteiger charge is -2.28. The predicted molar refractivity (Wildman–Crippen MR) is 54.6 cm³/mol. The molecule has 5 nitrogen and oxygen atoms in total. The van der Waals surface area contributed by atoms with Crippen LogP contribution < -0.4 is 4.74 Å². The maximum atomic E-state index is 10.1. The average molecular weight is 212 g/mol. The van der Waals surface area contributed by atoms with Gasteiger partial charge < -0.3 is 14.6 Å². The first-order chi connectivity index (χ1) is 7.03. The zero-order valence-corrected chi connectivity index (χ0v) is 9.39. The summed E-state index contributed by atoms with van der Waals surface area (Å²) < 4.78 is 10.2. The Bertz CT molecular complexity index is 328. The molecule has 84 valence electrons. The molecule has 0 radical (unpaired) electrons. The fourth-order valence-electron chi connectivity index (χ4n) is 1.12. The van der Waals surface area contributed by atoms with Crippen LogP contribution in [0.2, 0.25) is 0 Å². The van der Waals surface area contributed by atoms with Crippen molar-refractivity contribution in [1.82, 2.24) is 9.97 Å². The van der Waals surface area contributed by atoms with Crippen LogP contribution in [0.4, 0.5) is 0 Å². The van der Waals surface area contributed by atoms with Gasteiger partial charge in [-0.15, -0.1) is 0 Å². The van der Waals surface area contributed by atoms with E-state index in [0.717, 1.165) is 0 Å². The molecule has 0 saturated heterocycles. The van der Waals surface area contributed by atoms with Gasteiger partial charge in [0.05, 0.1) is 12.7 Å². The largest absolute Gasteiger partial charge is 0.480 e. The zero-order chi connectivity index (χ0) is 11.5. The molecule has 1 unspecified atom stereocenters. The Labute approximate surface area is 89.1 Å². The van der Waals surface area contributed by atoms with Gasteiger partial charge in [-0.2, -0.15) is 0 Å². The monoisotopic (exact) mass is 212 g/mol. The number of hydrogen-bond acceptors (Lipinski definition) is 5. The molecule has 0 spiro atoms. The number of aliphatic hydroxyl groups is 1. The van der Waals surface area contributed by atoms with E-state index >= 15 is 0 Å². The molecule has 0 aliphatic heterocycles. The number of nitrogens with zero attached hydrogens (tertiary/aromatic N) is 2. The third kappa shape index (κ3) is 2.43. The molecule has 1 rings (SSSR count). The fourth-order valence-corrected chi connectivity index (χ4v) is 1.12. The van der Waals surface area contributed by atoms with Crippen LogP contribution in [0.5, 0.6) is 5.88 Å². The first kappa shape index (κ1) is 11.9. The van der Waals surface area contributed by atoms with E-state index in [1.54, 1.807) is 13.8 Å². The third-order valence-corrected chi connectivity index (χ3v) is 2.33. The van der Waals surface area contributed by atoms with E-state index in [1.807, 2.05) is 0 Å². The highest BCUT2D eigenvalue weighted by Gasteiger charge is 2.32. The summed E-state index contributed by atoms with van der Waals surface area (Å²) in [6.45, 7) is 3.54. The topological polar surface area (TPSA) is 64.5 Å². The summed E-state index contributed by atoms with van der Waals surface area (Å²) in [6.07, 6.45) is 2.13. The molecule has 0 amide bonds. The number of aliphatic hydroxyl groups excluding tert-OH is 1. The lowest BCUT2D eigenvalue weighted by Crippen LogP contribution is -2.32. The fraction of sp³-hybridized carbons (Fsp3) is 0.600. The van der Waals surface area contributed by atoms with Crippen molar-refractivity contribution in [3.05, 3.63) is 18.1 Å². The highest BCUT2D eigenvalue weighted by atomic mass is 16.5. The number of ether oxygens (including phenoxy) is 2. The van der Waals surface area contributed by atoms with Crippen LogP contribution in [0.25, 0.3) is 0 Å². The molecule has 15 heavy (non-hydrogen) atoms. The second-order valence-corrected chi connectivity index (χ2v) is 3.66. The predicted octanol–water partition coefficient (Wildman–Crippen LogP) is 0.944. The molecule has 5 heteroatoms. The summed E-state index contributed by atoms with van der Waals surface area (Å²) in [6, 6.07) is 0. The molecule has 0 aromatic carbocycles. The maximum absolute atomic E-state index is 10.1. The van der Waals surface area contributed by atoms with E-state index in [2.05, 4.69) is 9.97 Å². The van der Waals surface area contributed by atoms with Crippen molar-refractivity contribution in [3.8, 4) is 5.88 Å². The highest BCUT2D eigenvalue weighted by Crippen LogP contribution is 2.30. The number of aromatic nitrogens is 2. The smallest absolute Gasteiger partial charge is 0.238 e. The molecule has 0 aliphatic rings. The van der Waals surface area contributed by atoms with Crippen LogP contribution >= 0.6 is 0 Å². The van der Waals surface area contributed by atoms with Crippen LogP contribution in [-0.4, -0.2) is 34.9 Å². The van der Waals surface area contributed by atoms with Gasteiger partial charge in [0.15, 0.2) is 0 Å². The van der Waals surface area contributed by atoms with Gasteiger partial charge in [0.1, 0.15) is 11.8 Å². The highest BCUT2D eigenvalue weighted by molar-refractivity contribution is 5.21. The van der Waals surface area contributed by atoms with Crippen molar-refractivity contribution in [2.45, 2.75) is 25.6 Å². The molecule has 1 aromatic heterocycles. The van der Waals surface area contributed by atoms with Gasteiger partial charge in [-0.1, -0.05) is 0 Å². The molecule has 1 aromatic rings. The first-order valence-electron chi connectivity index (χ1n) is 4.61. The van der Waals surface area contributed by atoms with Crippen LogP contribution in [0, 0.1) is 0 Å². The van der Waals surface area contributed by atoms with Gasteiger partial charge in [0.25, 0.3) is 0 Å². The Morgan fingerprint density at radius 3 is 2.40 bits per heavy atom. The number of hydrogen-bond donors (Lipinski definition) is 1. The van der Waals surface area contributed by atoms with Gasteiger partial charge in [0.2, 0.25) is 5.88 Å². The van der Waals surface area contributed by atoms with Crippen molar-refractivity contribution in [3.63, 3.8) is 0 Å². The summed E-state index contributed by atoms with van der Waals surface area (Å²) in [5.74, 6) is 0.315. The van der Waals surface area contributed by atoms with Crippen molar-refractivity contribution in [2.24, 2.45) is 0 Å². The number of rotatable bonds is 4. The Balaban J connectivity index is 3.05. The average Bonchev–Trinajstić information content (AvgIpc) is 2.28. The second kappa shape index (κ2) is 4.55. The van der Waals surface area contributed by atoms with Crippen molar-refractivity contribution < 1.29 is 14.6 Å². The maximum Gasteiger partial charge on any atom is 0.238 e. The Kier molecular flexibility index (Phi) is 3.60. The van der Waals surface area contributed by atoms with E-state index in [0.29, 0.717) is 11.6 Å². The normalized spacial score (nSPS) is 13.7. The molecule has 1 heterocycles. The Hall–Kier alpha value is -1.20. The quantitative estimate of drug-likeness (QED) is 0.804. The first-order valence-corrected chi connectivity index (χ1v) is 4.61. The van der Waals surface area contributed by atoms with Gasteiger partial charge in [-0.3, -0.25) is 4.98 Å². The molecule has 0 saturated carbocycles. The van der Waals surface area contributed by atoms with Gasteiger partial charge >= 0.3 is 0 Å². The van der Waals surface area contributed by atoms with Crippen LogP contribution in [0.3, 0.4) is 0 Å². The number of methoxy groups -OCH3 is 2. The molecule has 0 aliphatic carbocycles. The minimum Gasteiger partial charge on any atom is -0.480 e. The minimum atomic E-state index is -0.883. The van der Waals surface area contributed by atoms with Crippen LogP contribution in [-0.2, 0) is 4.74 Å². The lowest BCUT2D eigenvalue weighted by atomic mass is 9.99. The zero-order valence-electron chi connectivity index (χ0n) is 9.39. The Morgan fingerprint density at radius 1 is 1.27 bits per heavy atom. The second-order valence-electron chi connectivity index (χ2n) is 3.66. The van der Waals surface area contributed by atoms with Crippen LogP contribution in [0.1, 0.15) is 25.6 Å². The summed E-state index contributed by atoms with van der Waals surface area (Å²) in [7, 11) is 3.02. The van der Waals surface area contributed by atoms with Crippen LogP contribution in [0.15, 0.2) is 12.4 Å². The molecule has 1 N–H and O–H groups in total. The summed E-state index contributed by atoms with van der Waals surface area (Å²) in [5, 5.41) is 10.1. The van der Waals surface area contributed by atoms with E-state index in [1.165, 1.54) is 26.6 Å². The molecule has 0 bridgehead atoms. The minimum absolute atomic E-state index is 0.315. The third-order valence-electron chi connectivity index (χ3n) is 2.33. The van der Waals surface area contributed by atoms with Gasteiger partial charge in [0, 0.05) is 19.5 Å². The Morgan fingerprint density at radius 2 is 1.87 bits per heavy atom. The SMILES string of the molecule is COc1nccnc1C(O)C(C)(C)OC. The lowest BCUT2D eigenvalue weighted by molar-refractivity contribution is -0.0819. The van der Waals surface area contributed by atoms with E-state index in [4.69, 9.17) is 9.47 Å². The van der Waals surface area contributed by atoms with Crippen molar-refractivity contribution in [2.75, 3.05) is 14.2 Å². The summed E-state index contributed by atoms with van der Waals surface area (Å²) in [4.78, 5) is 8.01. The van der Waals surface area contributed by atoms with Crippen molar-refractivity contribution in [1.29, 1.82) is 0 Å². The molecule has 0 fully saturated rings. The summed E-state index contributed by atoms with van der Waals surface area (Å²) >= 11 is 0. The molecule has 1 atom stereocenters. The molecular weight excluding hydrogens is 196 g/mol. The van der Waals surface area contributed by atoms with E-state index in [9.17, 15) is 5.11 Å². The van der Waals surface area contributed by atoms with E-state index in [-0.39, 0.29) is 0 Å². The van der Waals surface area contributed by atoms with Gasteiger partial charge in [-0.25, -0.2) is 4.98 Å². The molecular formula is C10H16N2O3. The van der Waals surface area contributed by atoms with Gasteiger partial charge in [-0.05, 0) is 13.8 Å². The van der Waals surface area contributed by atoms with Crippen molar-refractivity contribution >= 4 is 0 Å². The summed E-state index contributed by atoms with van der Waals surface area (Å²) in [5.41, 5.74) is -0.351. The standard InChI is InChI=1S/C10H16N2O3/c1-10(2,15-4)8(13)7-9(14-3)12-6-5-11-7/h5-6,8,13H,1-4H3.